The summed E-state index contributed by atoms with van der Waals surface area (Å²) in [6, 6.07) is 11.3. The predicted molar refractivity (Wildman–Crippen MR) is 84.9 cm³/mol. The Hall–Kier alpha value is -1.04. The summed E-state index contributed by atoms with van der Waals surface area (Å²) in [6.45, 7) is 0. The number of benzene rings is 1. The number of ketones is 1. The van der Waals surface area contributed by atoms with E-state index in [1.165, 1.54) is 11.3 Å². The summed E-state index contributed by atoms with van der Waals surface area (Å²) < 4.78 is 1.77. The molecule has 5 heteroatoms. The molecule has 0 amide bonds. The van der Waals surface area contributed by atoms with Crippen LogP contribution in [0.25, 0.3) is 10.9 Å². The van der Waals surface area contributed by atoms with Crippen LogP contribution in [0.1, 0.15) is 15.9 Å². The molecule has 2 heterocycles. The van der Waals surface area contributed by atoms with Crippen LogP contribution < -0.4 is 0 Å². The molecule has 0 saturated heterocycles. The van der Waals surface area contributed by atoms with Gasteiger partial charge in [-0.15, -0.1) is 11.3 Å². The maximum absolute atomic E-state index is 12.5. The van der Waals surface area contributed by atoms with Crippen LogP contribution in [0.4, 0.5) is 0 Å². The molecule has 0 aliphatic heterocycles. The predicted octanol–water partition coefficient (Wildman–Crippen LogP) is 5.05. The van der Waals surface area contributed by atoms with Gasteiger partial charge in [0.05, 0.1) is 13.1 Å². The van der Waals surface area contributed by atoms with Gasteiger partial charge in [0, 0.05) is 22.7 Å². The summed E-state index contributed by atoms with van der Waals surface area (Å²) in [4.78, 5) is 16.7. The van der Waals surface area contributed by atoms with Gasteiger partial charge >= 0.3 is 0 Å². The van der Waals surface area contributed by atoms with Crippen LogP contribution in [0.15, 0.2) is 50.2 Å². The summed E-state index contributed by atoms with van der Waals surface area (Å²) in [5.41, 5.74) is 2.16. The van der Waals surface area contributed by atoms with Crippen molar-refractivity contribution in [3.05, 3.63) is 61.3 Å². The van der Waals surface area contributed by atoms with Gasteiger partial charge in [0.15, 0.2) is 5.78 Å². The van der Waals surface area contributed by atoms with E-state index in [-0.39, 0.29) is 5.78 Å². The number of hydrogen-bond donors (Lipinski definition) is 0. The van der Waals surface area contributed by atoms with E-state index in [0.717, 1.165) is 18.5 Å². The quantitative estimate of drug-likeness (QED) is 0.567. The van der Waals surface area contributed by atoms with E-state index < -0.39 is 0 Å². The van der Waals surface area contributed by atoms with Crippen LogP contribution in [0.2, 0.25) is 0 Å². The zero-order valence-corrected chi connectivity index (χ0v) is 13.5. The van der Waals surface area contributed by atoms with Gasteiger partial charge < -0.3 is 0 Å². The van der Waals surface area contributed by atoms with Crippen molar-refractivity contribution < 1.29 is 4.79 Å². The number of thiophene rings is 1. The van der Waals surface area contributed by atoms with Gasteiger partial charge in [-0.25, -0.2) is 0 Å². The first-order valence-electron chi connectivity index (χ1n) is 5.49. The fourth-order valence-corrected chi connectivity index (χ4v) is 4.65. The first-order chi connectivity index (χ1) is 9.15. The molecule has 0 bridgehead atoms. The maximum atomic E-state index is 12.5. The number of carbonyl (C=O) groups excluding carboxylic acids is 1. The number of fused-ring (bicyclic) bond motifs is 1. The Balaban J connectivity index is 2.09. The number of aromatic nitrogens is 1. The second-order valence-corrected chi connectivity index (χ2v) is 7.73. The second-order valence-electron chi connectivity index (χ2n) is 3.98. The lowest BCUT2D eigenvalue weighted by Crippen LogP contribution is -2.00. The van der Waals surface area contributed by atoms with Crippen molar-refractivity contribution in [3.8, 4) is 0 Å². The smallest absolute Gasteiger partial charge is 0.195 e. The zero-order valence-electron chi connectivity index (χ0n) is 9.56. The first kappa shape index (κ1) is 13.0. The largest absolute Gasteiger partial charge is 0.289 e. The van der Waals surface area contributed by atoms with Gasteiger partial charge in [0.1, 0.15) is 0 Å². The Morgan fingerprint density at radius 2 is 2.00 bits per heavy atom. The summed E-state index contributed by atoms with van der Waals surface area (Å²) in [5, 5.41) is 1.03. The molecule has 0 aliphatic rings. The number of carbonyl (C=O) groups is 1. The summed E-state index contributed by atoms with van der Waals surface area (Å²) in [7, 11) is 0. The molecule has 1 aromatic carbocycles. The van der Waals surface area contributed by atoms with Gasteiger partial charge in [-0.2, -0.15) is 0 Å². The molecule has 3 aromatic rings. The SMILES string of the molecule is O=C(c1ccc2cccnc2c1)c1cc(Br)sc1Br. The highest BCUT2D eigenvalue weighted by Crippen LogP contribution is 2.33. The van der Waals surface area contributed by atoms with Crippen molar-refractivity contribution in [1.82, 2.24) is 4.98 Å². The van der Waals surface area contributed by atoms with Crippen molar-refractivity contribution in [1.29, 1.82) is 0 Å². The van der Waals surface area contributed by atoms with Crippen molar-refractivity contribution in [2.75, 3.05) is 0 Å². The van der Waals surface area contributed by atoms with Crippen molar-refractivity contribution in [2.24, 2.45) is 0 Å². The molecule has 0 radical (unpaired) electrons. The maximum Gasteiger partial charge on any atom is 0.195 e. The minimum absolute atomic E-state index is 0.00128. The average molecular weight is 397 g/mol. The van der Waals surface area contributed by atoms with Crippen molar-refractivity contribution in [2.45, 2.75) is 0 Å². The third-order valence-electron chi connectivity index (χ3n) is 2.77. The van der Waals surface area contributed by atoms with E-state index in [0.29, 0.717) is 11.1 Å². The third-order valence-corrected chi connectivity index (χ3v) is 5.11. The van der Waals surface area contributed by atoms with Gasteiger partial charge in [0.2, 0.25) is 0 Å². The topological polar surface area (TPSA) is 30.0 Å². The molecule has 0 saturated carbocycles. The fraction of sp³-hybridized carbons (Fsp3) is 0. The van der Waals surface area contributed by atoms with Crippen LogP contribution in [0, 0.1) is 0 Å². The van der Waals surface area contributed by atoms with Crippen LogP contribution in [0.5, 0.6) is 0 Å². The molecule has 2 nitrogen and oxygen atoms in total. The van der Waals surface area contributed by atoms with E-state index in [9.17, 15) is 4.79 Å². The molecule has 19 heavy (non-hydrogen) atoms. The van der Waals surface area contributed by atoms with Gasteiger partial charge in [-0.1, -0.05) is 18.2 Å². The Bertz CT molecular complexity index is 782. The third kappa shape index (κ3) is 2.50. The van der Waals surface area contributed by atoms with E-state index in [4.69, 9.17) is 0 Å². The molecule has 0 N–H and O–H groups in total. The Morgan fingerprint density at radius 1 is 1.16 bits per heavy atom. The lowest BCUT2D eigenvalue weighted by Gasteiger charge is -2.02. The average Bonchev–Trinajstić information content (AvgIpc) is 2.76. The van der Waals surface area contributed by atoms with Crippen molar-refractivity contribution >= 4 is 59.9 Å². The molecule has 0 atom stereocenters. The minimum Gasteiger partial charge on any atom is -0.289 e. The highest BCUT2D eigenvalue weighted by atomic mass is 79.9. The molecular formula is C14H7Br2NOS. The molecule has 2 aromatic heterocycles. The number of nitrogens with zero attached hydrogens (tertiary/aromatic N) is 1. The molecule has 0 aliphatic carbocycles. The summed E-state index contributed by atoms with van der Waals surface area (Å²) in [6.07, 6.45) is 1.73. The van der Waals surface area contributed by atoms with Crippen molar-refractivity contribution in [3.63, 3.8) is 0 Å². The minimum atomic E-state index is 0.00128. The Labute approximate surface area is 130 Å². The lowest BCUT2D eigenvalue weighted by atomic mass is 10.0. The molecule has 0 unspecified atom stereocenters. The summed E-state index contributed by atoms with van der Waals surface area (Å²) in [5.74, 6) is 0.00128. The Kier molecular flexibility index (Phi) is 3.52. The van der Waals surface area contributed by atoms with Gasteiger partial charge in [-0.05, 0) is 50.1 Å². The van der Waals surface area contributed by atoms with Gasteiger partial charge in [0.25, 0.3) is 0 Å². The van der Waals surface area contributed by atoms with Gasteiger partial charge in [-0.3, -0.25) is 9.78 Å². The molecule has 0 spiro atoms. The highest BCUT2D eigenvalue weighted by molar-refractivity contribution is 9.12. The second kappa shape index (κ2) is 5.15. The fourth-order valence-electron chi connectivity index (χ4n) is 1.86. The number of halogens is 2. The normalized spacial score (nSPS) is 10.8. The number of hydrogen-bond acceptors (Lipinski definition) is 3. The number of rotatable bonds is 2. The lowest BCUT2D eigenvalue weighted by molar-refractivity contribution is 0.103. The van der Waals surface area contributed by atoms with Crippen LogP contribution in [-0.4, -0.2) is 10.8 Å². The van der Waals surface area contributed by atoms with E-state index in [1.54, 1.807) is 6.20 Å². The molecule has 3 rings (SSSR count). The molecular weight excluding hydrogens is 390 g/mol. The monoisotopic (exact) mass is 395 g/mol. The first-order valence-corrected chi connectivity index (χ1v) is 7.90. The van der Waals surface area contributed by atoms with Crippen LogP contribution in [-0.2, 0) is 0 Å². The summed E-state index contributed by atoms with van der Waals surface area (Å²) >= 11 is 8.30. The zero-order chi connectivity index (χ0) is 13.4. The van der Waals surface area contributed by atoms with E-state index in [2.05, 4.69) is 36.8 Å². The molecule has 0 fully saturated rings. The van der Waals surface area contributed by atoms with Crippen LogP contribution >= 0.6 is 43.2 Å². The molecule has 94 valence electrons. The van der Waals surface area contributed by atoms with E-state index in [1.807, 2.05) is 36.4 Å². The number of pyridine rings is 1. The van der Waals surface area contributed by atoms with Crippen LogP contribution in [0.3, 0.4) is 0 Å². The standard InChI is InChI=1S/C14H7Br2NOS/c15-12-7-10(14(16)19-12)13(18)9-4-3-8-2-1-5-17-11(8)6-9/h1-7H. The Morgan fingerprint density at radius 3 is 2.74 bits per heavy atom. The highest BCUT2D eigenvalue weighted by Gasteiger charge is 2.16. The van der Waals surface area contributed by atoms with E-state index >= 15 is 0 Å².